The molecular weight excluding hydrogens is 376 g/mol. The lowest BCUT2D eigenvalue weighted by atomic mass is 10.2. The summed E-state index contributed by atoms with van der Waals surface area (Å²) in [7, 11) is 0. The van der Waals surface area contributed by atoms with Gasteiger partial charge in [0.15, 0.2) is 5.82 Å². The second-order valence-electron chi connectivity index (χ2n) is 7.24. The number of ether oxygens (including phenoxy) is 1. The summed E-state index contributed by atoms with van der Waals surface area (Å²) in [5.41, 5.74) is 1.27. The lowest BCUT2D eigenvalue weighted by Gasteiger charge is -2.19. The smallest absolute Gasteiger partial charge is 0.412 e. The number of H-pyrrole nitrogens is 1. The molecule has 0 aliphatic heterocycles. The first-order valence-electron chi connectivity index (χ1n) is 8.73. The molecule has 0 bridgehead atoms. The number of anilines is 2. The molecule has 0 aliphatic rings. The van der Waals surface area contributed by atoms with E-state index in [1.165, 1.54) is 4.88 Å². The molecule has 1 aromatic carbocycles. The summed E-state index contributed by atoms with van der Waals surface area (Å²) in [5, 5.41) is 12.4. The molecule has 3 rings (SSSR count). The minimum Gasteiger partial charge on any atom is -0.444 e. The molecule has 3 N–H and O–H groups in total. The SMILES string of the molecule is Cc1ccc(-c2cc(NC(=O)c3ccc(NC(=O)OC(C)(C)C)cc3)n[nH]2)s1. The molecule has 28 heavy (non-hydrogen) atoms. The second kappa shape index (κ2) is 7.85. The highest BCUT2D eigenvalue weighted by molar-refractivity contribution is 7.15. The Morgan fingerprint density at radius 1 is 1.07 bits per heavy atom. The van der Waals surface area contributed by atoms with Crippen LogP contribution in [0, 0.1) is 6.92 Å². The zero-order valence-corrected chi connectivity index (χ0v) is 16.9. The summed E-state index contributed by atoms with van der Waals surface area (Å²) < 4.78 is 5.20. The van der Waals surface area contributed by atoms with E-state index < -0.39 is 11.7 Å². The number of aryl methyl sites for hydroxylation is 1. The van der Waals surface area contributed by atoms with E-state index in [4.69, 9.17) is 4.74 Å². The highest BCUT2D eigenvalue weighted by Gasteiger charge is 2.16. The van der Waals surface area contributed by atoms with Crippen molar-refractivity contribution < 1.29 is 14.3 Å². The van der Waals surface area contributed by atoms with Gasteiger partial charge in [0.25, 0.3) is 5.91 Å². The van der Waals surface area contributed by atoms with Gasteiger partial charge in [0.2, 0.25) is 0 Å². The van der Waals surface area contributed by atoms with Crippen LogP contribution in [-0.2, 0) is 4.74 Å². The first kappa shape index (κ1) is 19.6. The number of aromatic amines is 1. The van der Waals surface area contributed by atoms with Crippen molar-refractivity contribution in [2.75, 3.05) is 10.6 Å². The van der Waals surface area contributed by atoms with Crippen molar-refractivity contribution in [2.45, 2.75) is 33.3 Å². The monoisotopic (exact) mass is 398 g/mol. The first-order chi connectivity index (χ1) is 13.2. The fourth-order valence-corrected chi connectivity index (χ4v) is 3.24. The second-order valence-corrected chi connectivity index (χ2v) is 8.52. The standard InChI is InChI=1S/C20H22N4O3S/c1-12-5-10-16(28-12)15-11-17(24-23-15)22-18(25)13-6-8-14(9-7-13)21-19(26)27-20(2,3)4/h5-11H,1-4H3,(H,21,26)(H2,22,23,24,25). The van der Waals surface area contributed by atoms with Gasteiger partial charge < -0.3 is 10.1 Å². The summed E-state index contributed by atoms with van der Waals surface area (Å²) in [6.45, 7) is 7.41. The maximum Gasteiger partial charge on any atom is 0.412 e. The van der Waals surface area contributed by atoms with Gasteiger partial charge >= 0.3 is 6.09 Å². The number of carbonyl (C=O) groups is 2. The molecule has 0 radical (unpaired) electrons. The van der Waals surface area contributed by atoms with E-state index in [1.54, 1.807) is 62.4 Å². The Balaban J connectivity index is 1.60. The van der Waals surface area contributed by atoms with Crippen LogP contribution >= 0.6 is 11.3 Å². The minimum atomic E-state index is -0.575. The number of nitrogens with zero attached hydrogens (tertiary/aromatic N) is 1. The summed E-state index contributed by atoms with van der Waals surface area (Å²) in [5.74, 6) is 0.159. The molecule has 3 aromatic rings. The topological polar surface area (TPSA) is 96.1 Å². The van der Waals surface area contributed by atoms with Crippen LogP contribution in [-0.4, -0.2) is 27.8 Å². The van der Waals surface area contributed by atoms with Crippen LogP contribution in [0.2, 0.25) is 0 Å². The third kappa shape index (κ3) is 5.20. The van der Waals surface area contributed by atoms with Gasteiger partial charge in [0.05, 0.1) is 10.6 Å². The van der Waals surface area contributed by atoms with Crippen LogP contribution in [0.1, 0.15) is 36.0 Å². The maximum atomic E-state index is 12.4. The normalized spacial score (nSPS) is 11.1. The predicted octanol–water partition coefficient (Wildman–Crippen LogP) is 5.05. The molecule has 0 aliphatic carbocycles. The van der Waals surface area contributed by atoms with Crippen LogP contribution < -0.4 is 10.6 Å². The minimum absolute atomic E-state index is 0.288. The molecule has 146 valence electrons. The molecular formula is C20H22N4O3S. The van der Waals surface area contributed by atoms with Gasteiger partial charge in [-0.2, -0.15) is 5.10 Å². The lowest BCUT2D eigenvalue weighted by molar-refractivity contribution is 0.0636. The van der Waals surface area contributed by atoms with E-state index in [1.807, 2.05) is 19.1 Å². The van der Waals surface area contributed by atoms with Crippen molar-refractivity contribution in [2.24, 2.45) is 0 Å². The number of amides is 2. The molecule has 0 saturated heterocycles. The number of aromatic nitrogens is 2. The van der Waals surface area contributed by atoms with Gasteiger partial charge in [-0.15, -0.1) is 11.3 Å². The molecule has 0 saturated carbocycles. The van der Waals surface area contributed by atoms with Crippen molar-refractivity contribution in [3.05, 3.63) is 52.9 Å². The fourth-order valence-electron chi connectivity index (χ4n) is 2.41. The van der Waals surface area contributed by atoms with E-state index >= 15 is 0 Å². The predicted molar refractivity (Wildman–Crippen MR) is 111 cm³/mol. The van der Waals surface area contributed by atoms with E-state index in [2.05, 4.69) is 20.8 Å². The zero-order valence-electron chi connectivity index (χ0n) is 16.1. The molecule has 0 unspecified atom stereocenters. The number of benzene rings is 1. The lowest BCUT2D eigenvalue weighted by Crippen LogP contribution is -2.27. The van der Waals surface area contributed by atoms with Crippen molar-refractivity contribution in [3.63, 3.8) is 0 Å². The van der Waals surface area contributed by atoms with Gasteiger partial charge in [0.1, 0.15) is 5.60 Å². The Bertz CT molecular complexity index is 984. The average Bonchev–Trinajstić information content (AvgIpc) is 3.22. The molecule has 8 heteroatoms. The Morgan fingerprint density at radius 3 is 2.39 bits per heavy atom. The zero-order chi connectivity index (χ0) is 20.3. The van der Waals surface area contributed by atoms with Crippen molar-refractivity contribution >= 4 is 34.8 Å². The highest BCUT2D eigenvalue weighted by Crippen LogP contribution is 2.27. The Hall–Kier alpha value is -3.13. The molecule has 0 atom stereocenters. The molecule has 2 aromatic heterocycles. The van der Waals surface area contributed by atoms with Crippen molar-refractivity contribution in [3.8, 4) is 10.6 Å². The largest absolute Gasteiger partial charge is 0.444 e. The molecule has 7 nitrogen and oxygen atoms in total. The van der Waals surface area contributed by atoms with Crippen molar-refractivity contribution in [1.82, 2.24) is 10.2 Å². The van der Waals surface area contributed by atoms with Gasteiger partial charge in [0, 0.05) is 22.2 Å². The van der Waals surface area contributed by atoms with Gasteiger partial charge in [-0.1, -0.05) is 0 Å². The molecule has 2 amide bonds. The highest BCUT2D eigenvalue weighted by atomic mass is 32.1. The number of nitrogens with one attached hydrogen (secondary N) is 3. The summed E-state index contributed by atoms with van der Waals surface area (Å²) in [6.07, 6.45) is -0.544. The Morgan fingerprint density at radius 2 is 1.79 bits per heavy atom. The van der Waals surface area contributed by atoms with Gasteiger partial charge in [-0.3, -0.25) is 15.2 Å². The number of thiophene rings is 1. The van der Waals surface area contributed by atoms with Crippen molar-refractivity contribution in [1.29, 1.82) is 0 Å². The quantitative estimate of drug-likeness (QED) is 0.573. The van der Waals surface area contributed by atoms with Gasteiger partial charge in [-0.05, 0) is 64.1 Å². The van der Waals surface area contributed by atoms with E-state index in [-0.39, 0.29) is 5.91 Å². The van der Waals surface area contributed by atoms with E-state index in [0.717, 1.165) is 10.6 Å². The van der Waals surface area contributed by atoms with Crippen LogP contribution in [0.4, 0.5) is 16.3 Å². The summed E-state index contributed by atoms with van der Waals surface area (Å²) >= 11 is 1.65. The van der Waals surface area contributed by atoms with E-state index in [9.17, 15) is 9.59 Å². The van der Waals surface area contributed by atoms with Crippen LogP contribution in [0.25, 0.3) is 10.6 Å². The maximum absolute atomic E-state index is 12.4. The third-order valence-corrected chi connectivity index (χ3v) is 4.65. The van der Waals surface area contributed by atoms with E-state index in [0.29, 0.717) is 17.1 Å². The average molecular weight is 398 g/mol. The first-order valence-corrected chi connectivity index (χ1v) is 9.55. The number of rotatable bonds is 4. The summed E-state index contributed by atoms with van der Waals surface area (Å²) in [4.78, 5) is 26.5. The Labute approximate surface area is 167 Å². The molecule has 0 fully saturated rings. The third-order valence-electron chi connectivity index (χ3n) is 3.62. The van der Waals surface area contributed by atoms with Crippen LogP contribution in [0.3, 0.4) is 0 Å². The van der Waals surface area contributed by atoms with Crippen LogP contribution in [0.5, 0.6) is 0 Å². The number of carbonyl (C=O) groups excluding carboxylic acids is 2. The molecule has 2 heterocycles. The summed E-state index contributed by atoms with van der Waals surface area (Å²) in [6, 6.07) is 12.4. The fraction of sp³-hybridized carbons (Fsp3) is 0.250. The molecule has 0 spiro atoms. The number of hydrogen-bond donors (Lipinski definition) is 3. The van der Waals surface area contributed by atoms with Gasteiger partial charge in [-0.25, -0.2) is 4.79 Å². The van der Waals surface area contributed by atoms with Crippen LogP contribution in [0.15, 0.2) is 42.5 Å². The Kier molecular flexibility index (Phi) is 5.51. The number of hydrogen-bond acceptors (Lipinski definition) is 5.